The molecule has 162 valence electrons. The molecule has 3 rings (SSSR count). The van der Waals surface area contributed by atoms with E-state index < -0.39 is 5.91 Å². The van der Waals surface area contributed by atoms with Crippen molar-refractivity contribution < 1.29 is 19.1 Å². The Balaban J connectivity index is 1.86. The Bertz CT molecular complexity index is 999. The lowest BCUT2D eigenvalue weighted by Crippen LogP contribution is -2.36. The third-order valence-electron chi connectivity index (χ3n) is 4.74. The van der Waals surface area contributed by atoms with E-state index in [9.17, 15) is 9.59 Å². The molecule has 1 atom stereocenters. The Labute approximate surface area is 186 Å². The predicted octanol–water partition coefficient (Wildman–Crippen LogP) is 3.97. The minimum absolute atomic E-state index is 0.137. The predicted molar refractivity (Wildman–Crippen MR) is 121 cm³/mol. The number of benzene rings is 2. The van der Waals surface area contributed by atoms with Crippen LogP contribution in [-0.4, -0.2) is 38.2 Å². The SMILES string of the molecule is COCCCNC(=O)C(=CC1=Cc2ccccc2OC1C)NC(=O)c1ccc(Cl)cc1. The van der Waals surface area contributed by atoms with Crippen LogP contribution in [0.15, 0.2) is 65.9 Å². The zero-order chi connectivity index (χ0) is 22.2. The van der Waals surface area contributed by atoms with Crippen LogP contribution in [0, 0.1) is 0 Å². The summed E-state index contributed by atoms with van der Waals surface area (Å²) in [5.74, 6) is -0.00590. The number of hydrogen-bond acceptors (Lipinski definition) is 4. The Morgan fingerprint density at radius 2 is 1.90 bits per heavy atom. The number of ether oxygens (including phenoxy) is 2. The molecule has 6 nitrogen and oxygen atoms in total. The molecule has 1 unspecified atom stereocenters. The van der Waals surface area contributed by atoms with Gasteiger partial charge >= 0.3 is 0 Å². The fourth-order valence-electron chi connectivity index (χ4n) is 3.06. The van der Waals surface area contributed by atoms with Crippen molar-refractivity contribution in [3.8, 4) is 5.75 Å². The summed E-state index contributed by atoms with van der Waals surface area (Å²) in [6, 6.07) is 14.1. The first kappa shape index (κ1) is 22.6. The highest BCUT2D eigenvalue weighted by molar-refractivity contribution is 6.30. The number of halogens is 1. The molecule has 2 amide bonds. The van der Waals surface area contributed by atoms with E-state index in [0.29, 0.717) is 30.2 Å². The van der Waals surface area contributed by atoms with Gasteiger partial charge in [0.25, 0.3) is 11.8 Å². The zero-order valence-corrected chi connectivity index (χ0v) is 18.2. The quantitative estimate of drug-likeness (QED) is 0.481. The van der Waals surface area contributed by atoms with Crippen LogP contribution in [0.2, 0.25) is 5.02 Å². The number of nitrogens with one attached hydrogen (secondary N) is 2. The molecule has 0 saturated heterocycles. The Morgan fingerprint density at radius 1 is 1.16 bits per heavy atom. The van der Waals surface area contributed by atoms with Crippen molar-refractivity contribution in [1.29, 1.82) is 0 Å². The first-order valence-corrected chi connectivity index (χ1v) is 10.4. The van der Waals surface area contributed by atoms with E-state index in [1.54, 1.807) is 37.5 Å². The van der Waals surface area contributed by atoms with Crippen molar-refractivity contribution in [1.82, 2.24) is 10.6 Å². The molecule has 2 N–H and O–H groups in total. The zero-order valence-electron chi connectivity index (χ0n) is 17.5. The standard InChI is InChI=1S/C24H25ClN2O4/c1-16-19(14-18-6-3-4-7-22(18)31-16)15-21(24(29)26-12-5-13-30-2)27-23(28)17-8-10-20(25)11-9-17/h3-4,6-11,14-16H,5,12-13H2,1-2H3,(H,26,29)(H,27,28). The van der Waals surface area contributed by atoms with E-state index in [0.717, 1.165) is 16.9 Å². The summed E-state index contributed by atoms with van der Waals surface area (Å²) in [5.41, 5.74) is 2.22. The summed E-state index contributed by atoms with van der Waals surface area (Å²) in [7, 11) is 1.61. The molecule has 0 aromatic heterocycles. The molecule has 1 heterocycles. The molecule has 1 aliphatic heterocycles. The normalized spacial score (nSPS) is 15.4. The monoisotopic (exact) mass is 440 g/mol. The second kappa shape index (κ2) is 10.8. The average Bonchev–Trinajstić information content (AvgIpc) is 2.77. The number of amides is 2. The molecule has 1 aliphatic rings. The van der Waals surface area contributed by atoms with Gasteiger partial charge in [-0.2, -0.15) is 0 Å². The maximum Gasteiger partial charge on any atom is 0.267 e. The topological polar surface area (TPSA) is 76.7 Å². The third kappa shape index (κ3) is 6.20. The molecule has 0 radical (unpaired) electrons. The van der Waals surface area contributed by atoms with Gasteiger partial charge in [0.1, 0.15) is 17.6 Å². The van der Waals surface area contributed by atoms with Crippen molar-refractivity contribution >= 4 is 29.5 Å². The van der Waals surface area contributed by atoms with Gasteiger partial charge in [0, 0.05) is 36.4 Å². The number of methoxy groups -OCH3 is 1. The van der Waals surface area contributed by atoms with Crippen LogP contribution in [0.3, 0.4) is 0 Å². The van der Waals surface area contributed by atoms with Gasteiger partial charge in [0.15, 0.2) is 0 Å². The summed E-state index contributed by atoms with van der Waals surface area (Å²) in [6.45, 7) is 2.85. The Morgan fingerprint density at radius 3 is 2.65 bits per heavy atom. The molecule has 0 bridgehead atoms. The number of fused-ring (bicyclic) bond motifs is 1. The van der Waals surface area contributed by atoms with Crippen molar-refractivity contribution in [3.63, 3.8) is 0 Å². The van der Waals surface area contributed by atoms with Gasteiger partial charge in [-0.15, -0.1) is 0 Å². The van der Waals surface area contributed by atoms with E-state index in [1.807, 2.05) is 37.3 Å². The Kier molecular flexibility index (Phi) is 7.87. The van der Waals surface area contributed by atoms with Crippen molar-refractivity contribution in [2.24, 2.45) is 0 Å². The van der Waals surface area contributed by atoms with Crippen molar-refractivity contribution in [3.05, 3.63) is 82.0 Å². The summed E-state index contributed by atoms with van der Waals surface area (Å²) in [5, 5.41) is 6.07. The number of hydrogen-bond donors (Lipinski definition) is 2. The highest BCUT2D eigenvalue weighted by Crippen LogP contribution is 2.30. The molecule has 0 spiro atoms. The maximum atomic E-state index is 12.8. The second-order valence-corrected chi connectivity index (χ2v) is 7.50. The van der Waals surface area contributed by atoms with Crippen LogP contribution in [0.5, 0.6) is 5.75 Å². The van der Waals surface area contributed by atoms with Gasteiger partial charge in [-0.05, 0) is 61.4 Å². The fraction of sp³-hybridized carbons (Fsp3) is 0.250. The average molecular weight is 441 g/mol. The molecule has 2 aromatic carbocycles. The summed E-state index contributed by atoms with van der Waals surface area (Å²) < 4.78 is 11.0. The van der Waals surface area contributed by atoms with E-state index in [4.69, 9.17) is 21.1 Å². The van der Waals surface area contributed by atoms with Gasteiger partial charge in [-0.1, -0.05) is 29.8 Å². The summed E-state index contributed by atoms with van der Waals surface area (Å²) in [4.78, 5) is 25.6. The van der Waals surface area contributed by atoms with Gasteiger partial charge < -0.3 is 20.1 Å². The van der Waals surface area contributed by atoms with Crippen molar-refractivity contribution in [2.75, 3.05) is 20.3 Å². The molecule has 0 saturated carbocycles. The maximum absolute atomic E-state index is 12.8. The van der Waals surface area contributed by atoms with Crippen LogP contribution in [0.1, 0.15) is 29.3 Å². The molecular formula is C24H25ClN2O4. The summed E-state index contributed by atoms with van der Waals surface area (Å²) >= 11 is 5.90. The minimum Gasteiger partial charge on any atom is -0.485 e. The molecule has 31 heavy (non-hydrogen) atoms. The van der Waals surface area contributed by atoms with E-state index in [-0.39, 0.29) is 17.7 Å². The first-order valence-electron chi connectivity index (χ1n) is 10.0. The summed E-state index contributed by atoms with van der Waals surface area (Å²) in [6.07, 6.45) is 3.99. The third-order valence-corrected chi connectivity index (χ3v) is 4.99. The number of carbonyl (C=O) groups excluding carboxylic acids is 2. The van der Waals surface area contributed by atoms with Gasteiger partial charge in [-0.25, -0.2) is 0 Å². The molecule has 7 heteroatoms. The Hall–Kier alpha value is -3.09. The van der Waals surface area contributed by atoms with E-state index in [1.165, 1.54) is 0 Å². The smallest absolute Gasteiger partial charge is 0.267 e. The lowest BCUT2D eigenvalue weighted by atomic mass is 10.0. The van der Waals surface area contributed by atoms with Gasteiger partial charge in [0.05, 0.1) is 0 Å². The van der Waals surface area contributed by atoms with Crippen molar-refractivity contribution in [2.45, 2.75) is 19.4 Å². The number of rotatable bonds is 8. The second-order valence-electron chi connectivity index (χ2n) is 7.06. The first-order chi connectivity index (χ1) is 15.0. The van der Waals surface area contributed by atoms with E-state index >= 15 is 0 Å². The van der Waals surface area contributed by atoms with Crippen LogP contribution in [0.4, 0.5) is 0 Å². The van der Waals surface area contributed by atoms with Crippen LogP contribution < -0.4 is 15.4 Å². The van der Waals surface area contributed by atoms with Crippen LogP contribution >= 0.6 is 11.6 Å². The molecule has 2 aromatic rings. The van der Waals surface area contributed by atoms with E-state index in [2.05, 4.69) is 10.6 Å². The number of carbonyl (C=O) groups is 2. The minimum atomic E-state index is -0.402. The van der Waals surface area contributed by atoms with Gasteiger partial charge in [-0.3, -0.25) is 9.59 Å². The lowest BCUT2D eigenvalue weighted by Gasteiger charge is -2.23. The molecular weight excluding hydrogens is 416 g/mol. The lowest BCUT2D eigenvalue weighted by molar-refractivity contribution is -0.117. The highest BCUT2D eigenvalue weighted by atomic mass is 35.5. The van der Waals surface area contributed by atoms with Crippen LogP contribution in [0.25, 0.3) is 6.08 Å². The molecule has 0 fully saturated rings. The largest absolute Gasteiger partial charge is 0.485 e. The van der Waals surface area contributed by atoms with Crippen LogP contribution in [-0.2, 0) is 9.53 Å². The molecule has 0 aliphatic carbocycles. The van der Waals surface area contributed by atoms with Gasteiger partial charge in [0.2, 0.25) is 0 Å². The highest BCUT2D eigenvalue weighted by Gasteiger charge is 2.21. The fourth-order valence-corrected chi connectivity index (χ4v) is 3.18. The number of para-hydroxylation sites is 1.